The van der Waals surface area contributed by atoms with Crippen LogP contribution in [0, 0.1) is 11.6 Å². The third-order valence-electron chi connectivity index (χ3n) is 4.46. The molecular weight excluding hydrogens is 326 g/mol. The number of nitrogens with zero attached hydrogens (tertiary/aromatic N) is 2. The normalized spacial score (nSPS) is 24.3. The van der Waals surface area contributed by atoms with Crippen LogP contribution < -0.4 is 4.90 Å². The lowest BCUT2D eigenvalue weighted by atomic mass is 9.94. The lowest BCUT2D eigenvalue weighted by molar-refractivity contribution is 0.111. The molecule has 120 valence electrons. The molecule has 0 N–H and O–H groups in total. The Balaban J connectivity index is 1.87. The average molecular weight is 338 g/mol. The summed E-state index contributed by atoms with van der Waals surface area (Å²) in [6.07, 6.45) is 4.09. The van der Waals surface area contributed by atoms with Crippen molar-refractivity contribution in [3.05, 3.63) is 23.3 Å². The number of benzene rings is 1. The summed E-state index contributed by atoms with van der Waals surface area (Å²) in [7, 11) is 0. The fourth-order valence-corrected chi connectivity index (χ4v) is 4.65. The number of amides is 1. The summed E-state index contributed by atoms with van der Waals surface area (Å²) in [5, 5.41) is 3.94. The molecule has 0 spiro atoms. The van der Waals surface area contributed by atoms with E-state index in [2.05, 4.69) is 5.16 Å². The van der Waals surface area contributed by atoms with Gasteiger partial charge in [0.05, 0.1) is 17.0 Å². The Bertz CT molecular complexity index is 823. The third-order valence-corrected chi connectivity index (χ3v) is 5.71. The van der Waals surface area contributed by atoms with Gasteiger partial charge in [-0.2, -0.15) is 4.39 Å². The van der Waals surface area contributed by atoms with Crippen LogP contribution in [0.5, 0.6) is 0 Å². The quantitative estimate of drug-likeness (QED) is 0.777. The molecule has 1 unspecified atom stereocenters. The molecule has 1 saturated carbocycles. The molecule has 1 aromatic carbocycles. The van der Waals surface area contributed by atoms with Crippen LogP contribution in [0.2, 0.25) is 0 Å². The highest BCUT2D eigenvalue weighted by atomic mass is 32.2. The van der Waals surface area contributed by atoms with Crippen LogP contribution >= 0.6 is 11.8 Å². The number of aromatic nitrogens is 1. The van der Waals surface area contributed by atoms with Crippen LogP contribution in [-0.2, 0) is 0 Å². The molecule has 0 bridgehead atoms. The van der Waals surface area contributed by atoms with Crippen molar-refractivity contribution >= 4 is 40.1 Å². The Morgan fingerprint density at radius 2 is 2.09 bits per heavy atom. The molecule has 1 aromatic heterocycles. The van der Waals surface area contributed by atoms with Crippen molar-refractivity contribution in [3.63, 3.8) is 0 Å². The maximum absolute atomic E-state index is 14.0. The number of hydrogen-bond donors (Lipinski definition) is 0. The second-order valence-electron chi connectivity index (χ2n) is 5.74. The van der Waals surface area contributed by atoms with Gasteiger partial charge in [0.25, 0.3) is 5.24 Å². The first-order valence-corrected chi connectivity index (χ1v) is 8.22. The molecule has 2 fully saturated rings. The average Bonchev–Trinajstić information content (AvgIpc) is 3.10. The molecule has 4 rings (SSSR count). The van der Waals surface area contributed by atoms with Crippen LogP contribution in [-0.4, -0.2) is 28.0 Å². The number of carbonyl (C=O) groups excluding carboxylic acids is 2. The highest BCUT2D eigenvalue weighted by molar-refractivity contribution is 8.14. The van der Waals surface area contributed by atoms with E-state index in [1.54, 1.807) is 0 Å². The minimum Gasteiger partial charge on any atom is -0.351 e. The van der Waals surface area contributed by atoms with E-state index in [0.717, 1.165) is 25.7 Å². The summed E-state index contributed by atoms with van der Waals surface area (Å²) in [6.45, 7) is 0. The predicted octanol–water partition coefficient (Wildman–Crippen LogP) is 3.90. The van der Waals surface area contributed by atoms with Crippen LogP contribution in [0.1, 0.15) is 36.0 Å². The Kier molecular flexibility index (Phi) is 3.37. The highest BCUT2D eigenvalue weighted by Crippen LogP contribution is 2.44. The lowest BCUT2D eigenvalue weighted by Crippen LogP contribution is -2.38. The first-order valence-electron chi connectivity index (χ1n) is 7.34. The van der Waals surface area contributed by atoms with E-state index >= 15 is 0 Å². The van der Waals surface area contributed by atoms with Crippen LogP contribution in [0.4, 0.5) is 19.4 Å². The molecule has 0 radical (unpaired) electrons. The second-order valence-corrected chi connectivity index (χ2v) is 6.93. The number of anilines is 1. The smallest absolute Gasteiger partial charge is 0.287 e. The summed E-state index contributed by atoms with van der Waals surface area (Å²) in [5.74, 6) is -2.37. The SMILES string of the molecule is O=Cc1cc2c(N3C(=O)SC4CCCC[C@H]43)noc2c(F)c1F. The van der Waals surface area contributed by atoms with E-state index in [1.165, 1.54) is 22.7 Å². The maximum Gasteiger partial charge on any atom is 0.287 e. The number of aldehydes is 1. The van der Waals surface area contributed by atoms with Gasteiger partial charge in [-0.25, -0.2) is 4.39 Å². The highest BCUT2D eigenvalue weighted by Gasteiger charge is 2.44. The van der Waals surface area contributed by atoms with Gasteiger partial charge in [0.2, 0.25) is 11.4 Å². The summed E-state index contributed by atoms with van der Waals surface area (Å²) in [5.41, 5.74) is -0.792. The number of hydrogen-bond acceptors (Lipinski definition) is 5. The summed E-state index contributed by atoms with van der Waals surface area (Å²) < 4.78 is 32.6. The van der Waals surface area contributed by atoms with Gasteiger partial charge >= 0.3 is 0 Å². The summed E-state index contributed by atoms with van der Waals surface area (Å²) in [4.78, 5) is 24.8. The molecule has 2 atom stereocenters. The van der Waals surface area contributed by atoms with Crippen molar-refractivity contribution in [1.29, 1.82) is 0 Å². The second kappa shape index (κ2) is 5.30. The first kappa shape index (κ1) is 14.6. The predicted molar refractivity (Wildman–Crippen MR) is 80.8 cm³/mol. The number of fused-ring (bicyclic) bond motifs is 2. The largest absolute Gasteiger partial charge is 0.351 e. The van der Waals surface area contributed by atoms with E-state index < -0.39 is 17.2 Å². The number of thioether (sulfide) groups is 1. The topological polar surface area (TPSA) is 63.4 Å². The molecule has 2 heterocycles. The summed E-state index contributed by atoms with van der Waals surface area (Å²) in [6, 6.07) is 1.16. The van der Waals surface area contributed by atoms with Crippen LogP contribution in [0.3, 0.4) is 0 Å². The molecule has 2 aromatic rings. The van der Waals surface area contributed by atoms with Gasteiger partial charge in [0, 0.05) is 5.25 Å². The lowest BCUT2D eigenvalue weighted by Gasteiger charge is -2.28. The van der Waals surface area contributed by atoms with Gasteiger partial charge in [-0.1, -0.05) is 29.8 Å². The molecule has 1 amide bonds. The van der Waals surface area contributed by atoms with Crippen LogP contribution in [0.15, 0.2) is 10.6 Å². The van der Waals surface area contributed by atoms with E-state index in [0.29, 0.717) is 0 Å². The van der Waals surface area contributed by atoms with E-state index in [9.17, 15) is 18.4 Å². The summed E-state index contributed by atoms with van der Waals surface area (Å²) >= 11 is 1.25. The van der Waals surface area contributed by atoms with Crippen molar-refractivity contribution in [3.8, 4) is 0 Å². The van der Waals surface area contributed by atoms with Gasteiger partial charge in [-0.3, -0.25) is 14.5 Å². The zero-order chi connectivity index (χ0) is 16.1. The zero-order valence-corrected chi connectivity index (χ0v) is 12.7. The van der Waals surface area contributed by atoms with Crippen molar-refractivity contribution < 1.29 is 22.9 Å². The minimum atomic E-state index is -1.27. The zero-order valence-electron chi connectivity index (χ0n) is 11.9. The van der Waals surface area contributed by atoms with Crippen molar-refractivity contribution in [1.82, 2.24) is 5.16 Å². The molecule has 1 aliphatic heterocycles. The van der Waals surface area contributed by atoms with Gasteiger partial charge in [0.1, 0.15) is 0 Å². The minimum absolute atomic E-state index is 0.0256. The van der Waals surface area contributed by atoms with E-state index in [1.807, 2.05) is 0 Å². The standard InChI is InChI=1S/C15H12F2N2O3S/c16-11-7(6-20)5-8-13(12(11)17)22-18-14(8)19-9-3-1-2-4-10(9)23-15(19)21/h5-6,9-10H,1-4H2/t9-,10?/m1/s1. The Morgan fingerprint density at radius 3 is 2.87 bits per heavy atom. The van der Waals surface area contributed by atoms with E-state index in [4.69, 9.17) is 4.52 Å². The van der Waals surface area contributed by atoms with Crippen molar-refractivity contribution in [2.45, 2.75) is 37.0 Å². The molecule has 1 aliphatic carbocycles. The Morgan fingerprint density at radius 1 is 1.30 bits per heavy atom. The number of rotatable bonds is 2. The van der Waals surface area contributed by atoms with Gasteiger partial charge in [-0.15, -0.1) is 0 Å². The first-order chi connectivity index (χ1) is 11.1. The molecule has 8 heteroatoms. The molecule has 1 saturated heterocycles. The number of halogens is 2. The number of carbonyl (C=O) groups is 2. The van der Waals surface area contributed by atoms with E-state index in [-0.39, 0.29) is 39.6 Å². The monoisotopic (exact) mass is 338 g/mol. The van der Waals surface area contributed by atoms with Crippen molar-refractivity contribution in [2.24, 2.45) is 0 Å². The Labute approximate surface area is 134 Å². The molecule has 2 aliphatic rings. The van der Waals surface area contributed by atoms with Gasteiger partial charge < -0.3 is 4.52 Å². The molecule has 5 nitrogen and oxygen atoms in total. The van der Waals surface area contributed by atoms with Crippen molar-refractivity contribution in [2.75, 3.05) is 4.90 Å². The maximum atomic E-state index is 14.0. The molecule has 23 heavy (non-hydrogen) atoms. The van der Waals surface area contributed by atoms with Gasteiger partial charge in [0.15, 0.2) is 17.9 Å². The molecular formula is C15H12F2N2O3S. The fourth-order valence-electron chi connectivity index (χ4n) is 3.36. The third kappa shape index (κ3) is 2.08. The van der Waals surface area contributed by atoms with Crippen LogP contribution in [0.25, 0.3) is 11.0 Å². The Hall–Kier alpha value is -1.96. The van der Waals surface area contributed by atoms with Gasteiger partial charge in [-0.05, 0) is 18.9 Å². The fraction of sp³-hybridized carbons (Fsp3) is 0.400.